The quantitative estimate of drug-likeness (QED) is 0.332. The molecule has 180 valence electrons. The van der Waals surface area contributed by atoms with E-state index in [0.717, 1.165) is 39.2 Å². The number of aliphatic carboxylic acids is 1. The number of carboxylic acids is 1. The van der Waals surface area contributed by atoms with Crippen molar-refractivity contribution in [2.24, 2.45) is 0 Å². The molecule has 2 heterocycles. The highest BCUT2D eigenvalue weighted by Crippen LogP contribution is 2.40. The number of benzene rings is 3. The van der Waals surface area contributed by atoms with Crippen LogP contribution in [0, 0.1) is 0 Å². The first-order valence-electron chi connectivity index (χ1n) is 11.8. The molecule has 1 aliphatic heterocycles. The Morgan fingerprint density at radius 2 is 1.89 bits per heavy atom. The second-order valence-electron chi connectivity index (χ2n) is 8.69. The molecule has 6 nitrogen and oxygen atoms in total. The van der Waals surface area contributed by atoms with Gasteiger partial charge in [-0.2, -0.15) is 0 Å². The minimum absolute atomic E-state index is 0.286. The van der Waals surface area contributed by atoms with Crippen molar-refractivity contribution in [3.8, 4) is 11.5 Å². The summed E-state index contributed by atoms with van der Waals surface area (Å²) in [5.74, 6) is 0.482. The smallest absolute Gasteiger partial charge is 0.320 e. The number of methoxy groups -OCH3 is 1. The van der Waals surface area contributed by atoms with Crippen LogP contribution in [0.1, 0.15) is 41.4 Å². The summed E-state index contributed by atoms with van der Waals surface area (Å²) in [7, 11) is 1.63. The standard InChI is InChI=1S/C28H28N2O4S/c1-33-24-17-20(14-15-23(24)34-18-19-9-3-2-4-10-19)26(30-16-8-7-12-22(30)28(31)32)27-29-21-11-5-6-13-25(21)35-27/h2-6,9-11,13-15,17,22,26H,7-8,12,16,18H2,1H3,(H,31,32). The largest absolute Gasteiger partial charge is 0.493 e. The highest BCUT2D eigenvalue weighted by atomic mass is 32.1. The van der Waals surface area contributed by atoms with Gasteiger partial charge in [0.2, 0.25) is 0 Å². The second kappa shape index (κ2) is 10.5. The molecule has 7 heteroatoms. The molecule has 1 N–H and O–H groups in total. The molecule has 0 bridgehead atoms. The lowest BCUT2D eigenvalue weighted by molar-refractivity contribution is -0.145. The second-order valence-corrected chi connectivity index (χ2v) is 9.76. The molecule has 2 unspecified atom stereocenters. The number of hydrogen-bond acceptors (Lipinski definition) is 6. The molecule has 0 aliphatic carbocycles. The molecule has 2 atom stereocenters. The summed E-state index contributed by atoms with van der Waals surface area (Å²) in [6, 6.07) is 23.1. The van der Waals surface area contributed by atoms with E-state index in [4.69, 9.17) is 14.5 Å². The van der Waals surface area contributed by atoms with Crippen LogP contribution in [0.4, 0.5) is 0 Å². The molecule has 0 saturated carbocycles. The predicted octanol–water partition coefficient (Wildman–Crippen LogP) is 5.91. The Morgan fingerprint density at radius 1 is 1.09 bits per heavy atom. The van der Waals surface area contributed by atoms with Crippen LogP contribution in [0.25, 0.3) is 10.2 Å². The van der Waals surface area contributed by atoms with Crippen molar-refractivity contribution in [2.75, 3.05) is 13.7 Å². The number of likely N-dealkylation sites (tertiary alicyclic amines) is 1. The summed E-state index contributed by atoms with van der Waals surface area (Å²) in [6.45, 7) is 1.14. The van der Waals surface area contributed by atoms with Crippen molar-refractivity contribution in [2.45, 2.75) is 38.0 Å². The van der Waals surface area contributed by atoms with Crippen LogP contribution in [0.3, 0.4) is 0 Å². The minimum Gasteiger partial charge on any atom is -0.493 e. The van der Waals surface area contributed by atoms with Crippen molar-refractivity contribution in [3.63, 3.8) is 0 Å². The molecule has 1 aliphatic rings. The number of aromatic nitrogens is 1. The Balaban J connectivity index is 1.53. The molecule has 0 radical (unpaired) electrons. The van der Waals surface area contributed by atoms with Crippen LogP contribution in [0.5, 0.6) is 11.5 Å². The summed E-state index contributed by atoms with van der Waals surface area (Å²) in [5, 5.41) is 10.9. The minimum atomic E-state index is -0.786. The number of ether oxygens (including phenoxy) is 2. The third kappa shape index (κ3) is 5.01. The summed E-state index contributed by atoms with van der Waals surface area (Å²) < 4.78 is 12.9. The van der Waals surface area contributed by atoms with Gasteiger partial charge < -0.3 is 14.6 Å². The van der Waals surface area contributed by atoms with Crippen LogP contribution in [-0.4, -0.2) is 40.7 Å². The van der Waals surface area contributed by atoms with E-state index >= 15 is 0 Å². The van der Waals surface area contributed by atoms with E-state index in [1.165, 1.54) is 0 Å². The van der Waals surface area contributed by atoms with E-state index in [1.807, 2.05) is 66.7 Å². The zero-order chi connectivity index (χ0) is 24.2. The van der Waals surface area contributed by atoms with Crippen LogP contribution in [0.15, 0.2) is 72.8 Å². The van der Waals surface area contributed by atoms with Gasteiger partial charge in [0.05, 0.1) is 23.4 Å². The van der Waals surface area contributed by atoms with Crippen LogP contribution in [0.2, 0.25) is 0 Å². The number of carbonyl (C=O) groups is 1. The zero-order valence-electron chi connectivity index (χ0n) is 19.6. The molecule has 0 amide bonds. The molecule has 1 aromatic heterocycles. The maximum absolute atomic E-state index is 12.2. The predicted molar refractivity (Wildman–Crippen MR) is 137 cm³/mol. The number of rotatable bonds is 8. The normalized spacial score (nSPS) is 17.2. The number of thiazole rings is 1. The van der Waals surface area contributed by atoms with E-state index in [2.05, 4.69) is 11.0 Å². The van der Waals surface area contributed by atoms with Crippen LogP contribution < -0.4 is 9.47 Å². The van der Waals surface area contributed by atoms with E-state index in [9.17, 15) is 9.90 Å². The zero-order valence-corrected chi connectivity index (χ0v) is 20.4. The lowest BCUT2D eigenvalue weighted by Crippen LogP contribution is -2.46. The highest BCUT2D eigenvalue weighted by Gasteiger charge is 2.37. The van der Waals surface area contributed by atoms with Gasteiger partial charge in [-0.3, -0.25) is 9.69 Å². The summed E-state index contributed by atoms with van der Waals surface area (Å²) in [6.07, 6.45) is 2.50. The van der Waals surface area contributed by atoms with Crippen molar-refractivity contribution in [3.05, 3.63) is 88.9 Å². The van der Waals surface area contributed by atoms with Gasteiger partial charge in [0.1, 0.15) is 17.7 Å². The molecular weight excluding hydrogens is 460 g/mol. The number of fused-ring (bicyclic) bond motifs is 1. The van der Waals surface area contributed by atoms with Crippen molar-refractivity contribution >= 4 is 27.5 Å². The molecule has 1 fully saturated rings. The topological polar surface area (TPSA) is 71.9 Å². The number of carboxylic acid groups (broad SMARTS) is 1. The third-order valence-electron chi connectivity index (χ3n) is 6.45. The first-order chi connectivity index (χ1) is 17.1. The van der Waals surface area contributed by atoms with E-state index in [-0.39, 0.29) is 6.04 Å². The maximum atomic E-state index is 12.2. The van der Waals surface area contributed by atoms with E-state index < -0.39 is 12.0 Å². The Labute approximate surface area is 208 Å². The fourth-order valence-electron chi connectivity index (χ4n) is 4.72. The SMILES string of the molecule is COc1cc(C(c2nc3ccccc3s2)N2CCCCC2C(=O)O)ccc1OCc1ccccc1. The summed E-state index contributed by atoms with van der Waals surface area (Å²) in [5.41, 5.74) is 2.95. The lowest BCUT2D eigenvalue weighted by atomic mass is 9.96. The molecule has 35 heavy (non-hydrogen) atoms. The average Bonchev–Trinajstić information content (AvgIpc) is 3.32. The molecule has 1 saturated heterocycles. The highest BCUT2D eigenvalue weighted by molar-refractivity contribution is 7.18. The molecule has 5 rings (SSSR count). The Kier molecular flexibility index (Phi) is 6.97. The Morgan fingerprint density at radius 3 is 2.66 bits per heavy atom. The average molecular weight is 489 g/mol. The first-order valence-corrected chi connectivity index (χ1v) is 12.6. The fourth-order valence-corrected chi connectivity index (χ4v) is 5.84. The molecular formula is C28H28N2O4S. The van der Waals surface area contributed by atoms with Gasteiger partial charge in [-0.1, -0.05) is 55.0 Å². The summed E-state index contributed by atoms with van der Waals surface area (Å²) >= 11 is 1.62. The number of para-hydroxylation sites is 1. The van der Waals surface area contributed by atoms with Gasteiger partial charge in [0.25, 0.3) is 0 Å². The maximum Gasteiger partial charge on any atom is 0.320 e. The monoisotopic (exact) mass is 488 g/mol. The third-order valence-corrected chi connectivity index (χ3v) is 7.53. The number of nitrogens with zero attached hydrogens (tertiary/aromatic N) is 2. The van der Waals surface area contributed by atoms with Crippen molar-refractivity contribution in [1.82, 2.24) is 9.88 Å². The van der Waals surface area contributed by atoms with Crippen LogP contribution >= 0.6 is 11.3 Å². The fraction of sp³-hybridized carbons (Fsp3) is 0.286. The molecule has 3 aromatic carbocycles. The van der Waals surface area contributed by atoms with Gasteiger partial charge in [-0.25, -0.2) is 4.98 Å². The van der Waals surface area contributed by atoms with Gasteiger partial charge in [0.15, 0.2) is 11.5 Å². The first kappa shape index (κ1) is 23.3. The van der Waals surface area contributed by atoms with Crippen LogP contribution in [-0.2, 0) is 11.4 Å². The van der Waals surface area contributed by atoms with Gasteiger partial charge in [-0.15, -0.1) is 11.3 Å². The van der Waals surface area contributed by atoms with Crippen molar-refractivity contribution in [1.29, 1.82) is 0 Å². The summed E-state index contributed by atoms with van der Waals surface area (Å²) in [4.78, 5) is 19.2. The number of piperidine rings is 1. The van der Waals surface area contributed by atoms with Gasteiger partial charge in [-0.05, 0) is 48.2 Å². The van der Waals surface area contributed by atoms with Gasteiger partial charge >= 0.3 is 5.97 Å². The van der Waals surface area contributed by atoms with Crippen molar-refractivity contribution < 1.29 is 19.4 Å². The van der Waals surface area contributed by atoms with E-state index in [1.54, 1.807) is 18.4 Å². The molecule has 0 spiro atoms. The Hall–Kier alpha value is -3.42. The Bertz CT molecular complexity index is 1270. The van der Waals surface area contributed by atoms with E-state index in [0.29, 0.717) is 31.1 Å². The number of hydrogen-bond donors (Lipinski definition) is 1. The molecule has 4 aromatic rings. The van der Waals surface area contributed by atoms with Gasteiger partial charge in [0, 0.05) is 6.54 Å². The lowest BCUT2D eigenvalue weighted by Gasteiger charge is -2.38.